The maximum Gasteiger partial charge on any atom is 0.191 e. The van der Waals surface area contributed by atoms with Gasteiger partial charge in [-0.05, 0) is 39.8 Å². The van der Waals surface area contributed by atoms with Gasteiger partial charge in [0, 0.05) is 38.4 Å². The van der Waals surface area contributed by atoms with Crippen molar-refractivity contribution < 1.29 is 4.74 Å². The summed E-state index contributed by atoms with van der Waals surface area (Å²) < 4.78 is 5.51. The van der Waals surface area contributed by atoms with Crippen LogP contribution in [-0.4, -0.2) is 63.3 Å². The Morgan fingerprint density at radius 3 is 2.50 bits per heavy atom. The Hall–Kier alpha value is -1.07. The highest BCUT2D eigenvalue weighted by Gasteiger charge is 2.34. The smallest absolute Gasteiger partial charge is 0.191 e. The van der Waals surface area contributed by atoms with E-state index in [0.29, 0.717) is 6.04 Å². The lowest BCUT2D eigenvalue weighted by Crippen LogP contribution is -2.57. The third kappa shape index (κ3) is 3.73. The molecule has 0 spiro atoms. The Labute approximate surface area is 122 Å². The fraction of sp³-hybridized carbons (Fsp3) is 0.800. The van der Waals surface area contributed by atoms with E-state index in [9.17, 15) is 0 Å². The van der Waals surface area contributed by atoms with Gasteiger partial charge in [-0.25, -0.2) is 0 Å². The number of ether oxygens (including phenoxy) is 1. The van der Waals surface area contributed by atoms with Gasteiger partial charge in [-0.3, -0.25) is 4.99 Å². The molecule has 0 radical (unpaired) electrons. The summed E-state index contributed by atoms with van der Waals surface area (Å²) in [4.78, 5) is 6.67. The van der Waals surface area contributed by atoms with Crippen LogP contribution in [-0.2, 0) is 4.74 Å². The lowest BCUT2D eigenvalue weighted by Gasteiger charge is -2.43. The van der Waals surface area contributed by atoms with Crippen LogP contribution >= 0.6 is 0 Å². The summed E-state index contributed by atoms with van der Waals surface area (Å²) in [6, 6.07) is 0.492. The SMILES string of the molecule is CN=C(NCC1(N(C)C)CCOCC1)NC1CC=CC1. The topological polar surface area (TPSA) is 48.9 Å². The average Bonchev–Trinajstić information content (AvgIpc) is 2.97. The molecule has 0 bridgehead atoms. The second-order valence-electron chi connectivity index (χ2n) is 5.94. The molecule has 1 heterocycles. The molecule has 2 N–H and O–H groups in total. The van der Waals surface area contributed by atoms with Crippen LogP contribution < -0.4 is 10.6 Å². The summed E-state index contributed by atoms with van der Waals surface area (Å²) in [5, 5.41) is 6.99. The van der Waals surface area contributed by atoms with Crippen LogP contribution in [0.3, 0.4) is 0 Å². The molecule has 0 saturated carbocycles. The summed E-state index contributed by atoms with van der Waals surface area (Å²) in [5.41, 5.74) is 0.170. The number of hydrogen-bond donors (Lipinski definition) is 2. The molecule has 1 fully saturated rings. The van der Waals surface area contributed by atoms with E-state index in [1.54, 1.807) is 0 Å². The molecule has 5 nitrogen and oxygen atoms in total. The first kappa shape index (κ1) is 15.3. The molecule has 1 aliphatic carbocycles. The second kappa shape index (κ2) is 7.09. The highest BCUT2D eigenvalue weighted by atomic mass is 16.5. The Kier molecular flexibility index (Phi) is 5.43. The predicted molar refractivity (Wildman–Crippen MR) is 83.1 cm³/mol. The zero-order valence-electron chi connectivity index (χ0n) is 13.0. The summed E-state index contributed by atoms with van der Waals surface area (Å²) >= 11 is 0. The average molecular weight is 280 g/mol. The third-order valence-corrected chi connectivity index (χ3v) is 4.53. The van der Waals surface area contributed by atoms with E-state index in [1.807, 2.05) is 7.05 Å². The number of aliphatic imine (C=N–C) groups is 1. The summed E-state index contributed by atoms with van der Waals surface area (Å²) in [5.74, 6) is 0.909. The largest absolute Gasteiger partial charge is 0.381 e. The van der Waals surface area contributed by atoms with Crippen LogP contribution in [0.25, 0.3) is 0 Å². The van der Waals surface area contributed by atoms with E-state index in [-0.39, 0.29) is 5.54 Å². The van der Waals surface area contributed by atoms with Crippen LogP contribution in [0.15, 0.2) is 17.1 Å². The quantitative estimate of drug-likeness (QED) is 0.458. The van der Waals surface area contributed by atoms with Gasteiger partial charge in [-0.1, -0.05) is 12.2 Å². The Morgan fingerprint density at radius 1 is 1.30 bits per heavy atom. The van der Waals surface area contributed by atoms with Gasteiger partial charge in [0.1, 0.15) is 0 Å². The van der Waals surface area contributed by atoms with Gasteiger partial charge in [-0.15, -0.1) is 0 Å². The lowest BCUT2D eigenvalue weighted by atomic mass is 9.88. The number of nitrogens with zero attached hydrogens (tertiary/aromatic N) is 2. The molecule has 0 atom stereocenters. The molecule has 0 aromatic carbocycles. The van der Waals surface area contributed by atoms with Crippen molar-refractivity contribution in [3.63, 3.8) is 0 Å². The highest BCUT2D eigenvalue weighted by molar-refractivity contribution is 5.80. The zero-order chi connectivity index (χ0) is 14.4. The third-order valence-electron chi connectivity index (χ3n) is 4.53. The maximum atomic E-state index is 5.51. The number of hydrogen-bond acceptors (Lipinski definition) is 3. The van der Waals surface area contributed by atoms with E-state index in [4.69, 9.17) is 4.74 Å². The fourth-order valence-electron chi connectivity index (χ4n) is 2.90. The van der Waals surface area contributed by atoms with Gasteiger partial charge in [0.15, 0.2) is 5.96 Å². The molecule has 114 valence electrons. The molecule has 2 rings (SSSR count). The molecule has 0 aromatic heterocycles. The Morgan fingerprint density at radius 2 is 1.95 bits per heavy atom. The predicted octanol–water partition coefficient (Wildman–Crippen LogP) is 0.981. The van der Waals surface area contributed by atoms with Crippen LogP contribution in [0, 0.1) is 0 Å². The molecule has 0 unspecified atom stereocenters. The molecule has 1 saturated heterocycles. The highest BCUT2D eigenvalue weighted by Crippen LogP contribution is 2.25. The molecule has 0 aromatic rings. The van der Waals surface area contributed by atoms with Crippen molar-refractivity contribution in [2.24, 2.45) is 4.99 Å². The van der Waals surface area contributed by atoms with Gasteiger partial charge in [0.2, 0.25) is 0 Å². The normalized spacial score (nSPS) is 23.3. The summed E-state index contributed by atoms with van der Waals surface area (Å²) in [6.45, 7) is 2.60. The van der Waals surface area contributed by atoms with Gasteiger partial charge in [0.05, 0.1) is 0 Å². The Balaban J connectivity index is 1.87. The van der Waals surface area contributed by atoms with Gasteiger partial charge in [-0.2, -0.15) is 0 Å². The minimum Gasteiger partial charge on any atom is -0.381 e. The van der Waals surface area contributed by atoms with E-state index in [0.717, 1.165) is 51.4 Å². The fourth-order valence-corrected chi connectivity index (χ4v) is 2.90. The molecule has 1 aliphatic heterocycles. The van der Waals surface area contributed by atoms with Crippen molar-refractivity contribution in [2.75, 3.05) is 40.9 Å². The first-order valence-electron chi connectivity index (χ1n) is 7.54. The van der Waals surface area contributed by atoms with Crippen molar-refractivity contribution in [1.29, 1.82) is 0 Å². The molecule has 0 amide bonds. The standard InChI is InChI=1S/C15H28N4O/c1-16-14(18-13-6-4-5-7-13)17-12-15(19(2)3)8-10-20-11-9-15/h4-5,13H,6-12H2,1-3H3,(H2,16,17,18). The Bertz CT molecular complexity index is 351. The van der Waals surface area contributed by atoms with E-state index in [2.05, 4.69) is 46.8 Å². The summed E-state index contributed by atoms with van der Waals surface area (Å²) in [6.07, 6.45) is 8.76. The number of guanidine groups is 1. The second-order valence-corrected chi connectivity index (χ2v) is 5.94. The van der Waals surface area contributed by atoms with Crippen LogP contribution in [0.5, 0.6) is 0 Å². The lowest BCUT2D eigenvalue weighted by molar-refractivity contribution is -0.00502. The minimum absolute atomic E-state index is 0.170. The molecule has 2 aliphatic rings. The van der Waals surface area contributed by atoms with Crippen molar-refractivity contribution >= 4 is 5.96 Å². The monoisotopic (exact) mass is 280 g/mol. The van der Waals surface area contributed by atoms with Crippen LogP contribution in [0.1, 0.15) is 25.7 Å². The van der Waals surface area contributed by atoms with Crippen molar-refractivity contribution in [2.45, 2.75) is 37.3 Å². The van der Waals surface area contributed by atoms with Gasteiger partial charge >= 0.3 is 0 Å². The number of nitrogens with one attached hydrogen (secondary N) is 2. The number of rotatable bonds is 4. The summed E-state index contributed by atoms with van der Waals surface area (Å²) in [7, 11) is 6.15. The van der Waals surface area contributed by atoms with E-state index >= 15 is 0 Å². The van der Waals surface area contributed by atoms with Crippen molar-refractivity contribution in [1.82, 2.24) is 15.5 Å². The molecule has 5 heteroatoms. The zero-order valence-corrected chi connectivity index (χ0v) is 13.0. The van der Waals surface area contributed by atoms with Crippen LogP contribution in [0.4, 0.5) is 0 Å². The van der Waals surface area contributed by atoms with Crippen LogP contribution in [0.2, 0.25) is 0 Å². The van der Waals surface area contributed by atoms with Crippen molar-refractivity contribution in [3.8, 4) is 0 Å². The number of likely N-dealkylation sites (N-methyl/N-ethyl adjacent to an activating group) is 1. The van der Waals surface area contributed by atoms with Crippen molar-refractivity contribution in [3.05, 3.63) is 12.2 Å². The first-order valence-corrected chi connectivity index (χ1v) is 7.54. The van der Waals surface area contributed by atoms with Gasteiger partial charge in [0.25, 0.3) is 0 Å². The molecule has 20 heavy (non-hydrogen) atoms. The first-order chi connectivity index (χ1) is 9.66. The minimum atomic E-state index is 0.170. The van der Waals surface area contributed by atoms with Gasteiger partial charge < -0.3 is 20.3 Å². The molecular formula is C15H28N4O. The maximum absolute atomic E-state index is 5.51. The molecular weight excluding hydrogens is 252 g/mol. The van der Waals surface area contributed by atoms with E-state index in [1.165, 1.54) is 0 Å². The van der Waals surface area contributed by atoms with E-state index < -0.39 is 0 Å².